The Kier molecular flexibility index (Phi) is 1.81. The Labute approximate surface area is 58.3 Å². The lowest BCUT2D eigenvalue weighted by Gasteiger charge is -1.97. The van der Waals surface area contributed by atoms with Gasteiger partial charge in [0.2, 0.25) is 0 Å². The van der Waals surface area contributed by atoms with E-state index < -0.39 is 0 Å². The van der Waals surface area contributed by atoms with E-state index in [1.165, 1.54) is 0 Å². The summed E-state index contributed by atoms with van der Waals surface area (Å²) >= 11 is 1.63. The van der Waals surface area contributed by atoms with Crippen molar-refractivity contribution in [1.29, 1.82) is 0 Å². The van der Waals surface area contributed by atoms with Crippen LogP contribution in [0.2, 0.25) is 0 Å². The van der Waals surface area contributed by atoms with Gasteiger partial charge in [0.1, 0.15) is 0 Å². The van der Waals surface area contributed by atoms with Crippen molar-refractivity contribution >= 4 is 17.7 Å². The van der Waals surface area contributed by atoms with Crippen molar-refractivity contribution in [3.8, 4) is 0 Å². The van der Waals surface area contributed by atoms with Crippen molar-refractivity contribution in [1.82, 2.24) is 0 Å². The van der Waals surface area contributed by atoms with Gasteiger partial charge in [0, 0.05) is 11.3 Å². The van der Waals surface area contributed by atoms with E-state index in [2.05, 4.69) is 6.58 Å². The third-order valence-corrected chi connectivity index (χ3v) is 1.59. The van der Waals surface area contributed by atoms with Crippen LogP contribution < -0.4 is 0 Å². The van der Waals surface area contributed by atoms with Gasteiger partial charge in [0.25, 0.3) is 0 Å². The van der Waals surface area contributed by atoms with E-state index in [0.29, 0.717) is 5.57 Å². The normalized spacial score (nSPS) is 23.0. The molecule has 0 aromatic carbocycles. The molecule has 0 aromatic rings. The van der Waals surface area contributed by atoms with Crippen molar-refractivity contribution in [2.75, 3.05) is 5.75 Å². The summed E-state index contributed by atoms with van der Waals surface area (Å²) in [7, 11) is 0. The first-order valence-electron chi connectivity index (χ1n) is 2.68. The molecule has 0 bridgehead atoms. The van der Waals surface area contributed by atoms with E-state index >= 15 is 0 Å². The van der Waals surface area contributed by atoms with E-state index in [0.717, 1.165) is 5.75 Å². The Morgan fingerprint density at radius 2 is 2.44 bits per heavy atom. The Hall–Kier alpha value is -0.440. The number of hydrogen-bond acceptors (Lipinski definition) is 3. The number of ether oxygens (including phenoxy) is 1. The molecule has 1 fully saturated rings. The van der Waals surface area contributed by atoms with Gasteiger partial charge in [0.05, 0.1) is 0 Å². The summed E-state index contributed by atoms with van der Waals surface area (Å²) in [5.41, 5.74) is 0.594. The number of hydrogen-bond donors (Lipinski definition) is 0. The zero-order chi connectivity index (χ0) is 6.85. The molecule has 1 unspecified atom stereocenters. The van der Waals surface area contributed by atoms with Gasteiger partial charge in [-0.1, -0.05) is 6.58 Å². The molecule has 2 nitrogen and oxygen atoms in total. The molecule has 0 saturated carbocycles. The van der Waals surface area contributed by atoms with Gasteiger partial charge in [-0.25, -0.2) is 4.79 Å². The van der Waals surface area contributed by atoms with Crippen LogP contribution in [0.5, 0.6) is 0 Å². The molecular formula is C6H8O2S. The van der Waals surface area contributed by atoms with Crippen LogP contribution in [0.15, 0.2) is 12.2 Å². The molecule has 0 aromatic heterocycles. The van der Waals surface area contributed by atoms with Gasteiger partial charge in [-0.05, 0) is 6.92 Å². The molecule has 0 radical (unpaired) electrons. The molecule has 1 atom stereocenters. The second kappa shape index (κ2) is 2.43. The van der Waals surface area contributed by atoms with E-state index in [9.17, 15) is 4.79 Å². The molecule has 1 saturated heterocycles. The van der Waals surface area contributed by atoms with E-state index in [-0.39, 0.29) is 11.4 Å². The van der Waals surface area contributed by atoms with Crippen LogP contribution in [-0.4, -0.2) is 17.2 Å². The molecule has 0 aliphatic carbocycles. The van der Waals surface area contributed by atoms with Crippen LogP contribution in [0.1, 0.15) is 6.92 Å². The summed E-state index contributed by atoms with van der Waals surface area (Å²) in [5.74, 6) is 0.670. The van der Waals surface area contributed by atoms with Crippen LogP contribution in [-0.2, 0) is 9.53 Å². The Balaban J connectivity index is 2.25. The van der Waals surface area contributed by atoms with Crippen LogP contribution in [0, 0.1) is 0 Å². The second-order valence-corrected chi connectivity index (χ2v) is 3.14. The van der Waals surface area contributed by atoms with Crippen LogP contribution in [0.3, 0.4) is 0 Å². The van der Waals surface area contributed by atoms with Crippen LogP contribution in [0.4, 0.5) is 0 Å². The van der Waals surface area contributed by atoms with Gasteiger partial charge < -0.3 is 4.74 Å². The summed E-state index contributed by atoms with van der Waals surface area (Å²) in [6.45, 7) is 5.10. The van der Waals surface area contributed by atoms with E-state index in [4.69, 9.17) is 4.74 Å². The number of carbonyl (C=O) groups excluding carboxylic acids is 1. The average molecular weight is 144 g/mol. The Morgan fingerprint density at radius 3 is 2.78 bits per heavy atom. The SMILES string of the molecule is C=C(C)C(=O)OC1CS1. The van der Waals surface area contributed by atoms with Crippen molar-refractivity contribution in [3.05, 3.63) is 12.2 Å². The molecule has 1 aliphatic heterocycles. The molecule has 1 rings (SSSR count). The highest BCUT2D eigenvalue weighted by molar-refractivity contribution is 8.06. The minimum absolute atomic E-state index is 0.120. The highest BCUT2D eigenvalue weighted by atomic mass is 32.2. The van der Waals surface area contributed by atoms with Crippen LogP contribution >= 0.6 is 11.8 Å². The van der Waals surface area contributed by atoms with Crippen molar-refractivity contribution < 1.29 is 9.53 Å². The molecule has 50 valence electrons. The quantitative estimate of drug-likeness (QED) is 0.330. The monoisotopic (exact) mass is 144 g/mol. The van der Waals surface area contributed by atoms with Gasteiger partial charge >= 0.3 is 5.97 Å². The molecule has 3 heteroatoms. The van der Waals surface area contributed by atoms with Gasteiger partial charge in [-0.15, -0.1) is 11.8 Å². The third kappa shape index (κ3) is 2.10. The maximum atomic E-state index is 10.7. The zero-order valence-electron chi connectivity index (χ0n) is 5.22. The molecule has 9 heavy (non-hydrogen) atoms. The largest absolute Gasteiger partial charge is 0.447 e. The van der Waals surface area contributed by atoms with Crippen molar-refractivity contribution in [2.24, 2.45) is 0 Å². The first-order valence-corrected chi connectivity index (χ1v) is 3.73. The van der Waals surface area contributed by atoms with E-state index in [1.54, 1.807) is 18.7 Å². The molecule has 0 spiro atoms. The average Bonchev–Trinajstić information content (AvgIpc) is 2.50. The molecule has 0 N–H and O–H groups in total. The number of rotatable bonds is 2. The molecule has 0 amide bonds. The highest BCUT2D eigenvalue weighted by Crippen LogP contribution is 2.31. The smallest absolute Gasteiger partial charge is 0.334 e. The maximum absolute atomic E-state index is 10.7. The number of thioether (sulfide) groups is 1. The summed E-state index contributed by atoms with van der Waals surface area (Å²) in [5, 5.41) is 0. The Bertz CT molecular complexity index is 149. The molecular weight excluding hydrogens is 136 g/mol. The second-order valence-electron chi connectivity index (χ2n) is 1.95. The summed E-state index contributed by atoms with van der Waals surface area (Å²) in [6.07, 6.45) is 0. The fourth-order valence-corrected chi connectivity index (χ4v) is 0.629. The lowest BCUT2D eigenvalue weighted by molar-refractivity contribution is -0.138. The summed E-state index contributed by atoms with van der Waals surface area (Å²) in [6, 6.07) is 0. The number of carbonyl (C=O) groups is 1. The fraction of sp³-hybridized carbons (Fsp3) is 0.500. The Morgan fingerprint density at radius 1 is 1.89 bits per heavy atom. The first kappa shape index (κ1) is 6.68. The molecule has 1 aliphatic rings. The minimum atomic E-state index is -0.273. The minimum Gasteiger partial charge on any atom is -0.447 e. The van der Waals surface area contributed by atoms with Gasteiger partial charge in [-0.3, -0.25) is 0 Å². The topological polar surface area (TPSA) is 26.3 Å². The predicted octanol–water partition coefficient (Wildman–Crippen LogP) is 1.18. The summed E-state index contributed by atoms with van der Waals surface area (Å²) < 4.78 is 4.85. The van der Waals surface area contributed by atoms with Gasteiger partial charge in [0.15, 0.2) is 5.44 Å². The predicted molar refractivity (Wildman–Crippen MR) is 37.2 cm³/mol. The van der Waals surface area contributed by atoms with Crippen LogP contribution in [0.25, 0.3) is 0 Å². The fourth-order valence-electron chi connectivity index (χ4n) is 0.327. The van der Waals surface area contributed by atoms with Crippen molar-refractivity contribution in [2.45, 2.75) is 12.4 Å². The lowest BCUT2D eigenvalue weighted by atomic mass is 10.4. The lowest BCUT2D eigenvalue weighted by Crippen LogP contribution is -2.05. The summed E-state index contributed by atoms with van der Waals surface area (Å²) in [4.78, 5) is 10.7. The third-order valence-electron chi connectivity index (χ3n) is 0.890. The standard InChI is InChI=1S/C6H8O2S/c1-4(2)6(7)8-5-3-9-5/h5H,1,3H2,2H3. The highest BCUT2D eigenvalue weighted by Gasteiger charge is 2.26. The molecule has 1 heterocycles. The maximum Gasteiger partial charge on any atom is 0.334 e. The van der Waals surface area contributed by atoms with Gasteiger partial charge in [-0.2, -0.15) is 0 Å². The first-order chi connectivity index (χ1) is 4.20. The van der Waals surface area contributed by atoms with E-state index in [1.807, 2.05) is 0 Å². The zero-order valence-corrected chi connectivity index (χ0v) is 6.03. The van der Waals surface area contributed by atoms with Crippen molar-refractivity contribution in [3.63, 3.8) is 0 Å². The number of esters is 1.